The molecule has 1 atom stereocenters. The van der Waals surface area contributed by atoms with Gasteiger partial charge in [-0.1, -0.05) is 13.3 Å². The van der Waals surface area contributed by atoms with Crippen LogP contribution in [0.1, 0.15) is 25.5 Å². The molecule has 6 nitrogen and oxygen atoms in total. The third-order valence-corrected chi connectivity index (χ3v) is 3.76. The minimum atomic E-state index is 0.0598. The molecule has 1 amide bonds. The number of morpholine rings is 1. The number of hydrogen-bond acceptors (Lipinski definition) is 4. The van der Waals surface area contributed by atoms with Crippen LogP contribution >= 0.6 is 0 Å². The van der Waals surface area contributed by atoms with Gasteiger partial charge in [-0.2, -0.15) is 5.10 Å². The summed E-state index contributed by atoms with van der Waals surface area (Å²) in [5.41, 5.74) is 1.89. The fourth-order valence-electron chi connectivity index (χ4n) is 2.95. The maximum absolute atomic E-state index is 12.0. The van der Waals surface area contributed by atoms with Crippen LogP contribution in [0.4, 0.5) is 11.5 Å². The number of ether oxygens (including phenoxy) is 1. The Morgan fingerprint density at radius 2 is 2.37 bits per heavy atom. The molecule has 0 aliphatic carbocycles. The van der Waals surface area contributed by atoms with Crippen LogP contribution in [0.15, 0.2) is 0 Å². The number of carbonyl (C=O) groups is 1. The standard InChI is InChI=1S/C13H20N4O2/c1-3-4-10-12-13(16(2)15-10)17-5-6-19-8-9(17)7-11(18)14-12/h9H,3-8H2,1-2H3,(H,14,18). The average Bonchev–Trinajstić information content (AvgIpc) is 2.59. The maximum atomic E-state index is 12.0. The number of carbonyl (C=O) groups excluding carboxylic acids is 1. The molecule has 0 saturated carbocycles. The van der Waals surface area contributed by atoms with Crippen LogP contribution in [0.5, 0.6) is 0 Å². The Bertz CT molecular complexity index is 497. The molecule has 3 heterocycles. The lowest BCUT2D eigenvalue weighted by Gasteiger charge is -2.35. The van der Waals surface area contributed by atoms with Crippen molar-refractivity contribution in [3.63, 3.8) is 0 Å². The quantitative estimate of drug-likeness (QED) is 0.863. The molecule has 0 spiro atoms. The fourth-order valence-corrected chi connectivity index (χ4v) is 2.95. The van der Waals surface area contributed by atoms with E-state index >= 15 is 0 Å². The van der Waals surface area contributed by atoms with Gasteiger partial charge >= 0.3 is 0 Å². The van der Waals surface area contributed by atoms with Gasteiger partial charge in [-0.25, -0.2) is 0 Å². The Kier molecular flexibility index (Phi) is 3.18. The Morgan fingerprint density at radius 3 is 3.16 bits per heavy atom. The van der Waals surface area contributed by atoms with Crippen molar-refractivity contribution < 1.29 is 9.53 Å². The van der Waals surface area contributed by atoms with Crippen LogP contribution in [0, 0.1) is 0 Å². The second-order valence-electron chi connectivity index (χ2n) is 5.19. The summed E-state index contributed by atoms with van der Waals surface area (Å²) in [7, 11) is 1.95. The molecule has 104 valence electrons. The SMILES string of the molecule is CCCc1nn(C)c2c1NC(=O)CC1COCCN21. The van der Waals surface area contributed by atoms with Crippen molar-refractivity contribution in [3.05, 3.63) is 5.69 Å². The number of amides is 1. The largest absolute Gasteiger partial charge is 0.377 e. The molecule has 2 aliphatic heterocycles. The molecule has 1 aromatic heterocycles. The Hall–Kier alpha value is -1.56. The van der Waals surface area contributed by atoms with Gasteiger partial charge in [0.15, 0.2) is 5.82 Å². The molecule has 0 bridgehead atoms. The van der Waals surface area contributed by atoms with Crippen molar-refractivity contribution in [1.29, 1.82) is 0 Å². The summed E-state index contributed by atoms with van der Waals surface area (Å²) in [5.74, 6) is 1.09. The second kappa shape index (κ2) is 4.85. The Morgan fingerprint density at radius 1 is 1.53 bits per heavy atom. The highest BCUT2D eigenvalue weighted by Crippen LogP contribution is 2.35. The number of hydrogen-bond donors (Lipinski definition) is 1. The van der Waals surface area contributed by atoms with E-state index in [0.29, 0.717) is 19.6 Å². The lowest BCUT2D eigenvalue weighted by atomic mass is 10.1. The van der Waals surface area contributed by atoms with Crippen molar-refractivity contribution >= 4 is 17.4 Å². The van der Waals surface area contributed by atoms with E-state index in [2.05, 4.69) is 22.2 Å². The predicted octanol–water partition coefficient (Wildman–Crippen LogP) is 0.920. The summed E-state index contributed by atoms with van der Waals surface area (Å²) in [6, 6.07) is 0.125. The zero-order chi connectivity index (χ0) is 13.4. The number of aromatic nitrogens is 2. The van der Waals surface area contributed by atoms with Crippen LogP contribution in [-0.4, -0.2) is 41.5 Å². The molecule has 1 N–H and O–H groups in total. The van der Waals surface area contributed by atoms with Crippen molar-refractivity contribution in [2.45, 2.75) is 32.2 Å². The lowest BCUT2D eigenvalue weighted by molar-refractivity contribution is -0.116. The molecule has 1 unspecified atom stereocenters. The third kappa shape index (κ3) is 2.10. The summed E-state index contributed by atoms with van der Waals surface area (Å²) in [6.45, 7) is 4.26. The molecule has 0 aromatic carbocycles. The molecule has 3 rings (SSSR count). The third-order valence-electron chi connectivity index (χ3n) is 3.76. The number of aryl methyl sites for hydroxylation is 2. The number of nitrogens with one attached hydrogen (secondary N) is 1. The molecule has 1 saturated heterocycles. The van der Waals surface area contributed by atoms with Crippen LogP contribution in [0.25, 0.3) is 0 Å². The fraction of sp³-hybridized carbons (Fsp3) is 0.692. The van der Waals surface area contributed by atoms with E-state index in [9.17, 15) is 4.79 Å². The van der Waals surface area contributed by atoms with E-state index in [0.717, 1.165) is 36.6 Å². The molecule has 2 aliphatic rings. The summed E-state index contributed by atoms with van der Waals surface area (Å²) in [5, 5.41) is 7.60. The summed E-state index contributed by atoms with van der Waals surface area (Å²) in [6.07, 6.45) is 2.39. The van der Waals surface area contributed by atoms with Gasteiger partial charge in [-0.05, 0) is 6.42 Å². The molecular weight excluding hydrogens is 244 g/mol. The van der Waals surface area contributed by atoms with E-state index in [1.807, 2.05) is 11.7 Å². The van der Waals surface area contributed by atoms with Crippen LogP contribution in [0.3, 0.4) is 0 Å². The van der Waals surface area contributed by atoms with Gasteiger partial charge in [-0.15, -0.1) is 0 Å². The smallest absolute Gasteiger partial charge is 0.226 e. The van der Waals surface area contributed by atoms with Gasteiger partial charge in [-0.3, -0.25) is 9.48 Å². The zero-order valence-electron chi connectivity index (χ0n) is 11.5. The lowest BCUT2D eigenvalue weighted by Crippen LogP contribution is -2.46. The summed E-state index contributed by atoms with van der Waals surface area (Å²) >= 11 is 0. The van der Waals surface area contributed by atoms with Crippen molar-refractivity contribution in [2.24, 2.45) is 7.05 Å². The monoisotopic (exact) mass is 264 g/mol. The first kappa shape index (κ1) is 12.5. The maximum Gasteiger partial charge on any atom is 0.226 e. The van der Waals surface area contributed by atoms with Gasteiger partial charge < -0.3 is 15.0 Å². The zero-order valence-corrected chi connectivity index (χ0v) is 11.5. The highest BCUT2D eigenvalue weighted by atomic mass is 16.5. The topological polar surface area (TPSA) is 59.4 Å². The Balaban J connectivity index is 2.06. The van der Waals surface area contributed by atoms with Gasteiger partial charge in [0.2, 0.25) is 5.91 Å². The number of anilines is 2. The van der Waals surface area contributed by atoms with Crippen LogP contribution < -0.4 is 10.2 Å². The van der Waals surface area contributed by atoms with Gasteiger partial charge in [0.1, 0.15) is 5.69 Å². The Labute approximate surface area is 112 Å². The molecule has 0 radical (unpaired) electrons. The average molecular weight is 264 g/mol. The second-order valence-corrected chi connectivity index (χ2v) is 5.19. The van der Waals surface area contributed by atoms with Crippen LogP contribution in [0.2, 0.25) is 0 Å². The molecule has 1 aromatic rings. The van der Waals surface area contributed by atoms with Gasteiger partial charge in [0, 0.05) is 20.0 Å². The number of nitrogens with zero attached hydrogens (tertiary/aromatic N) is 3. The highest BCUT2D eigenvalue weighted by molar-refractivity contribution is 5.97. The first-order chi connectivity index (χ1) is 9.20. The van der Waals surface area contributed by atoms with Crippen LogP contribution in [-0.2, 0) is 23.0 Å². The first-order valence-electron chi connectivity index (χ1n) is 6.90. The molecule has 1 fully saturated rings. The number of fused-ring (bicyclic) bond motifs is 3. The minimum absolute atomic E-state index is 0.0598. The van der Waals surface area contributed by atoms with Crippen molar-refractivity contribution in [3.8, 4) is 0 Å². The molecular formula is C13H20N4O2. The van der Waals surface area contributed by atoms with Crippen molar-refractivity contribution in [2.75, 3.05) is 30.0 Å². The highest BCUT2D eigenvalue weighted by Gasteiger charge is 2.34. The van der Waals surface area contributed by atoms with E-state index < -0.39 is 0 Å². The first-order valence-corrected chi connectivity index (χ1v) is 6.90. The number of rotatable bonds is 2. The van der Waals surface area contributed by atoms with E-state index in [-0.39, 0.29) is 11.9 Å². The van der Waals surface area contributed by atoms with E-state index in [4.69, 9.17) is 4.74 Å². The van der Waals surface area contributed by atoms with Gasteiger partial charge in [0.25, 0.3) is 0 Å². The minimum Gasteiger partial charge on any atom is -0.377 e. The molecule has 6 heteroatoms. The molecule has 19 heavy (non-hydrogen) atoms. The van der Waals surface area contributed by atoms with Crippen molar-refractivity contribution in [1.82, 2.24) is 9.78 Å². The van der Waals surface area contributed by atoms with E-state index in [1.165, 1.54) is 0 Å². The predicted molar refractivity (Wildman–Crippen MR) is 72.4 cm³/mol. The van der Waals surface area contributed by atoms with E-state index in [1.54, 1.807) is 0 Å². The normalized spacial score (nSPS) is 22.5. The summed E-state index contributed by atoms with van der Waals surface area (Å²) < 4.78 is 7.39. The summed E-state index contributed by atoms with van der Waals surface area (Å²) in [4.78, 5) is 14.3. The van der Waals surface area contributed by atoms with Gasteiger partial charge in [0.05, 0.1) is 24.9 Å².